The van der Waals surface area contributed by atoms with Gasteiger partial charge in [0.05, 0.1) is 17.4 Å². The first-order valence-electron chi connectivity index (χ1n) is 7.15. The summed E-state index contributed by atoms with van der Waals surface area (Å²) in [7, 11) is 0. The largest absolute Gasteiger partial charge is 0.354 e. The Morgan fingerprint density at radius 3 is 2.38 bits per heavy atom. The van der Waals surface area contributed by atoms with Gasteiger partial charge in [-0.3, -0.25) is 9.78 Å². The number of anilines is 3. The zero-order valence-corrected chi connectivity index (χ0v) is 12.5. The van der Waals surface area contributed by atoms with Gasteiger partial charge in [-0.25, -0.2) is 8.78 Å². The molecule has 0 aliphatic carbocycles. The SMILES string of the molecule is O=C(Nc1ccc(F)cc1)c1cncc(Nc2cccc(F)c2)c1. The maximum absolute atomic E-state index is 13.2. The predicted octanol–water partition coefficient (Wildman–Crippen LogP) is 4.36. The van der Waals surface area contributed by atoms with Gasteiger partial charge in [0.1, 0.15) is 11.6 Å². The number of carbonyl (C=O) groups excluding carboxylic acids is 1. The molecule has 1 amide bonds. The van der Waals surface area contributed by atoms with Crippen LogP contribution >= 0.6 is 0 Å². The Kier molecular flexibility index (Phi) is 4.47. The summed E-state index contributed by atoms with van der Waals surface area (Å²) in [5, 5.41) is 5.63. The predicted molar refractivity (Wildman–Crippen MR) is 88.3 cm³/mol. The van der Waals surface area contributed by atoms with Crippen molar-refractivity contribution < 1.29 is 13.6 Å². The monoisotopic (exact) mass is 325 g/mol. The number of nitrogens with one attached hydrogen (secondary N) is 2. The molecular weight excluding hydrogens is 312 g/mol. The van der Waals surface area contributed by atoms with Gasteiger partial charge in [-0.15, -0.1) is 0 Å². The van der Waals surface area contributed by atoms with Crippen molar-refractivity contribution in [2.45, 2.75) is 0 Å². The molecule has 6 heteroatoms. The minimum Gasteiger partial charge on any atom is -0.354 e. The lowest BCUT2D eigenvalue weighted by Crippen LogP contribution is -2.12. The van der Waals surface area contributed by atoms with E-state index in [0.29, 0.717) is 22.6 Å². The van der Waals surface area contributed by atoms with E-state index in [0.717, 1.165) is 0 Å². The van der Waals surface area contributed by atoms with E-state index in [9.17, 15) is 13.6 Å². The minimum absolute atomic E-state index is 0.320. The number of carbonyl (C=O) groups is 1. The molecule has 0 atom stereocenters. The number of rotatable bonds is 4. The molecule has 2 aromatic carbocycles. The lowest BCUT2D eigenvalue weighted by Gasteiger charge is -2.09. The first kappa shape index (κ1) is 15.6. The summed E-state index contributed by atoms with van der Waals surface area (Å²) in [5.41, 5.74) is 1.89. The van der Waals surface area contributed by atoms with E-state index in [1.54, 1.807) is 18.2 Å². The van der Waals surface area contributed by atoms with Crippen molar-refractivity contribution in [3.63, 3.8) is 0 Å². The van der Waals surface area contributed by atoms with E-state index in [2.05, 4.69) is 15.6 Å². The number of amides is 1. The summed E-state index contributed by atoms with van der Waals surface area (Å²) in [6, 6.07) is 13.0. The fraction of sp³-hybridized carbons (Fsp3) is 0. The molecule has 0 aliphatic rings. The molecule has 1 heterocycles. The maximum atomic E-state index is 13.2. The number of benzene rings is 2. The zero-order chi connectivity index (χ0) is 16.9. The third kappa shape index (κ3) is 3.92. The van der Waals surface area contributed by atoms with Crippen LogP contribution in [0.25, 0.3) is 0 Å². The third-order valence-corrected chi connectivity index (χ3v) is 3.22. The van der Waals surface area contributed by atoms with Crippen molar-refractivity contribution in [3.05, 3.63) is 84.2 Å². The van der Waals surface area contributed by atoms with Crippen LogP contribution in [0.2, 0.25) is 0 Å². The van der Waals surface area contributed by atoms with Crippen LogP contribution < -0.4 is 10.6 Å². The molecular formula is C18H13F2N3O. The van der Waals surface area contributed by atoms with Crippen LogP contribution in [0.3, 0.4) is 0 Å². The van der Waals surface area contributed by atoms with E-state index in [1.165, 1.54) is 48.8 Å². The Balaban J connectivity index is 1.74. The summed E-state index contributed by atoms with van der Waals surface area (Å²) >= 11 is 0. The average molecular weight is 325 g/mol. The van der Waals surface area contributed by atoms with Gasteiger partial charge >= 0.3 is 0 Å². The normalized spacial score (nSPS) is 10.2. The second kappa shape index (κ2) is 6.87. The van der Waals surface area contributed by atoms with Crippen LogP contribution in [0.5, 0.6) is 0 Å². The zero-order valence-electron chi connectivity index (χ0n) is 12.5. The molecule has 0 saturated carbocycles. The highest BCUT2D eigenvalue weighted by Gasteiger charge is 2.08. The summed E-state index contributed by atoms with van der Waals surface area (Å²) in [6.07, 6.45) is 2.94. The second-order valence-electron chi connectivity index (χ2n) is 5.06. The number of pyridine rings is 1. The van der Waals surface area contributed by atoms with Crippen LogP contribution in [-0.4, -0.2) is 10.9 Å². The molecule has 1 aromatic heterocycles. The molecule has 2 N–H and O–H groups in total. The van der Waals surface area contributed by atoms with E-state index in [-0.39, 0.29) is 17.5 Å². The topological polar surface area (TPSA) is 54.0 Å². The molecule has 0 saturated heterocycles. The van der Waals surface area contributed by atoms with Crippen LogP contribution in [0.15, 0.2) is 67.0 Å². The van der Waals surface area contributed by atoms with Crippen molar-refractivity contribution >= 4 is 23.0 Å². The molecule has 4 nitrogen and oxygen atoms in total. The van der Waals surface area contributed by atoms with Crippen molar-refractivity contribution in [1.82, 2.24) is 4.98 Å². The molecule has 3 aromatic rings. The highest BCUT2D eigenvalue weighted by molar-refractivity contribution is 6.04. The molecule has 24 heavy (non-hydrogen) atoms. The summed E-state index contributed by atoms with van der Waals surface area (Å²) in [5.74, 6) is -1.12. The molecule has 0 spiro atoms. The Bertz CT molecular complexity index is 866. The number of nitrogens with zero attached hydrogens (tertiary/aromatic N) is 1. The van der Waals surface area contributed by atoms with Crippen molar-refractivity contribution in [2.75, 3.05) is 10.6 Å². The quantitative estimate of drug-likeness (QED) is 0.749. The lowest BCUT2D eigenvalue weighted by atomic mass is 10.2. The highest BCUT2D eigenvalue weighted by atomic mass is 19.1. The Morgan fingerprint density at radius 2 is 1.62 bits per heavy atom. The van der Waals surface area contributed by atoms with E-state index < -0.39 is 0 Å². The first-order chi connectivity index (χ1) is 11.6. The second-order valence-corrected chi connectivity index (χ2v) is 5.06. The highest BCUT2D eigenvalue weighted by Crippen LogP contribution is 2.18. The number of hydrogen-bond donors (Lipinski definition) is 2. The van der Waals surface area contributed by atoms with Crippen LogP contribution in [0, 0.1) is 11.6 Å². The van der Waals surface area contributed by atoms with Gasteiger partial charge in [0.25, 0.3) is 5.91 Å². The lowest BCUT2D eigenvalue weighted by molar-refractivity contribution is 0.102. The summed E-state index contributed by atoms with van der Waals surface area (Å²) in [4.78, 5) is 16.2. The smallest absolute Gasteiger partial charge is 0.257 e. The van der Waals surface area contributed by atoms with E-state index in [4.69, 9.17) is 0 Å². The molecule has 0 unspecified atom stereocenters. The first-order valence-corrected chi connectivity index (χ1v) is 7.15. The summed E-state index contributed by atoms with van der Waals surface area (Å²) in [6.45, 7) is 0. The van der Waals surface area contributed by atoms with Crippen LogP contribution in [0.4, 0.5) is 25.8 Å². The molecule has 0 bridgehead atoms. The van der Waals surface area contributed by atoms with E-state index in [1.807, 2.05) is 0 Å². The van der Waals surface area contributed by atoms with Crippen molar-refractivity contribution in [2.24, 2.45) is 0 Å². The van der Waals surface area contributed by atoms with Crippen LogP contribution in [0.1, 0.15) is 10.4 Å². The van der Waals surface area contributed by atoms with Crippen molar-refractivity contribution in [3.8, 4) is 0 Å². The number of halogens is 2. The average Bonchev–Trinajstić information content (AvgIpc) is 2.57. The minimum atomic E-state index is -0.379. The molecule has 0 fully saturated rings. The molecule has 120 valence electrons. The van der Waals surface area contributed by atoms with Crippen molar-refractivity contribution in [1.29, 1.82) is 0 Å². The van der Waals surface area contributed by atoms with Crippen LogP contribution in [-0.2, 0) is 0 Å². The van der Waals surface area contributed by atoms with Gasteiger partial charge in [-0.2, -0.15) is 0 Å². The Labute approximate surface area is 137 Å². The fourth-order valence-corrected chi connectivity index (χ4v) is 2.10. The van der Waals surface area contributed by atoms with Gasteiger partial charge in [-0.1, -0.05) is 6.07 Å². The number of aromatic nitrogens is 1. The van der Waals surface area contributed by atoms with Gasteiger partial charge < -0.3 is 10.6 Å². The molecule has 0 radical (unpaired) electrons. The van der Waals surface area contributed by atoms with Gasteiger partial charge in [0.2, 0.25) is 0 Å². The van der Waals surface area contributed by atoms with Gasteiger partial charge in [0.15, 0.2) is 0 Å². The molecule has 3 rings (SSSR count). The Hall–Kier alpha value is -3.28. The number of hydrogen-bond acceptors (Lipinski definition) is 3. The van der Waals surface area contributed by atoms with Gasteiger partial charge in [-0.05, 0) is 48.5 Å². The maximum Gasteiger partial charge on any atom is 0.257 e. The standard InChI is InChI=1S/C18H13F2N3O/c19-13-4-6-15(7-5-13)23-18(24)12-8-17(11-21-10-12)22-16-3-1-2-14(20)9-16/h1-11,22H,(H,23,24). The fourth-order valence-electron chi connectivity index (χ4n) is 2.10. The third-order valence-electron chi connectivity index (χ3n) is 3.22. The van der Waals surface area contributed by atoms with E-state index >= 15 is 0 Å². The molecule has 0 aliphatic heterocycles. The van der Waals surface area contributed by atoms with Gasteiger partial charge in [0, 0.05) is 17.6 Å². The summed E-state index contributed by atoms with van der Waals surface area (Å²) < 4.78 is 26.1. The Morgan fingerprint density at radius 1 is 0.833 bits per heavy atom.